The minimum absolute atomic E-state index is 0.215. The largest absolute Gasteiger partial charge is 0.507 e. The summed E-state index contributed by atoms with van der Waals surface area (Å²) in [6.07, 6.45) is 15.5. The van der Waals surface area contributed by atoms with E-state index in [9.17, 15) is 5.11 Å². The lowest BCUT2D eigenvalue weighted by Crippen LogP contribution is -2.41. The molecule has 0 radical (unpaired) electrons. The van der Waals surface area contributed by atoms with Gasteiger partial charge in [0.05, 0.1) is 11.1 Å². The Labute approximate surface area is 265 Å². The third-order valence-corrected chi connectivity index (χ3v) is 14.6. The lowest BCUT2D eigenvalue weighted by atomic mass is 9.63. The van der Waals surface area contributed by atoms with Crippen molar-refractivity contribution >= 4 is 29.8 Å². The number of phenols is 1. The van der Waals surface area contributed by atoms with Gasteiger partial charge in [0.25, 0.3) is 0 Å². The van der Waals surface area contributed by atoms with Gasteiger partial charge >= 0.3 is 0 Å². The molecule has 4 aromatic rings. The Kier molecular flexibility index (Phi) is 8.41. The predicted molar refractivity (Wildman–Crippen MR) is 189 cm³/mol. The zero-order chi connectivity index (χ0) is 30.1. The van der Waals surface area contributed by atoms with Crippen molar-refractivity contribution in [3.63, 3.8) is 0 Å². The summed E-state index contributed by atoms with van der Waals surface area (Å²) in [5.41, 5.74) is 6.22. The SMILES string of the molecule is CC(C)(c1ccccc1)c1cccc(C2(C3CCCCC3)CCP(C3CCCCC3)C2=Nc2cccc3ccccc23)c1O. The van der Waals surface area contributed by atoms with Gasteiger partial charge in [0.1, 0.15) is 5.75 Å². The summed E-state index contributed by atoms with van der Waals surface area (Å²) in [5, 5.41) is 15.0. The first-order chi connectivity index (χ1) is 21.5. The van der Waals surface area contributed by atoms with Crippen LogP contribution < -0.4 is 0 Å². The minimum Gasteiger partial charge on any atom is -0.507 e. The molecule has 1 N–H and O–H groups in total. The van der Waals surface area contributed by atoms with Gasteiger partial charge in [0.2, 0.25) is 0 Å². The van der Waals surface area contributed by atoms with Gasteiger partial charge in [-0.3, -0.25) is 4.99 Å². The van der Waals surface area contributed by atoms with Crippen molar-refractivity contribution in [1.29, 1.82) is 0 Å². The average Bonchev–Trinajstić information content (AvgIpc) is 3.45. The number of phenolic OH excluding ortho intramolecular Hbond substituents is 1. The van der Waals surface area contributed by atoms with Crippen molar-refractivity contribution in [2.24, 2.45) is 10.9 Å². The Morgan fingerprint density at radius 2 is 1.39 bits per heavy atom. The zero-order valence-electron chi connectivity index (χ0n) is 26.6. The van der Waals surface area contributed by atoms with Crippen molar-refractivity contribution in [2.75, 3.05) is 6.16 Å². The van der Waals surface area contributed by atoms with E-state index < -0.39 is 7.92 Å². The molecule has 228 valence electrons. The molecule has 1 saturated heterocycles. The van der Waals surface area contributed by atoms with Gasteiger partial charge in [-0.1, -0.05) is 145 Å². The van der Waals surface area contributed by atoms with E-state index in [2.05, 4.69) is 105 Å². The van der Waals surface area contributed by atoms with E-state index in [0.717, 1.165) is 28.9 Å². The summed E-state index contributed by atoms with van der Waals surface area (Å²) < 4.78 is 0. The highest BCUT2D eigenvalue weighted by atomic mass is 31.1. The quantitative estimate of drug-likeness (QED) is 0.219. The fourth-order valence-corrected chi connectivity index (χ4v) is 12.6. The zero-order valence-corrected chi connectivity index (χ0v) is 27.5. The average molecular weight is 602 g/mol. The smallest absolute Gasteiger partial charge is 0.123 e. The maximum atomic E-state index is 12.5. The second-order valence-electron chi connectivity index (χ2n) is 14.2. The van der Waals surface area contributed by atoms with Crippen LogP contribution in [0.2, 0.25) is 0 Å². The number of para-hydroxylation sites is 1. The molecule has 3 aliphatic rings. The van der Waals surface area contributed by atoms with Gasteiger partial charge in [-0.15, -0.1) is 0 Å². The van der Waals surface area contributed by atoms with Crippen molar-refractivity contribution in [2.45, 2.75) is 101 Å². The third-order valence-electron chi connectivity index (χ3n) is 11.4. The first-order valence-corrected chi connectivity index (χ1v) is 18.8. The summed E-state index contributed by atoms with van der Waals surface area (Å²) in [6.45, 7) is 4.53. The molecule has 0 aromatic heterocycles. The fourth-order valence-electron chi connectivity index (χ4n) is 8.98. The van der Waals surface area contributed by atoms with Crippen LogP contribution in [0.5, 0.6) is 5.75 Å². The number of aliphatic imine (C=N–C) groups is 1. The highest BCUT2D eigenvalue weighted by molar-refractivity contribution is 7.76. The highest BCUT2D eigenvalue weighted by Crippen LogP contribution is 2.66. The summed E-state index contributed by atoms with van der Waals surface area (Å²) in [5.74, 6) is 1.03. The molecule has 3 fully saturated rings. The van der Waals surface area contributed by atoms with E-state index in [1.807, 2.05) is 0 Å². The first-order valence-electron chi connectivity index (χ1n) is 17.2. The van der Waals surface area contributed by atoms with Crippen molar-refractivity contribution in [3.8, 4) is 5.75 Å². The molecule has 2 aliphatic carbocycles. The van der Waals surface area contributed by atoms with Gasteiger partial charge in [-0.25, -0.2) is 0 Å². The van der Waals surface area contributed by atoms with Crippen LogP contribution in [0.25, 0.3) is 10.8 Å². The lowest BCUT2D eigenvalue weighted by Gasteiger charge is -2.43. The summed E-state index contributed by atoms with van der Waals surface area (Å²) in [4.78, 5) is 5.87. The molecule has 44 heavy (non-hydrogen) atoms. The monoisotopic (exact) mass is 601 g/mol. The van der Waals surface area contributed by atoms with Crippen LogP contribution in [-0.2, 0) is 10.8 Å². The maximum Gasteiger partial charge on any atom is 0.123 e. The van der Waals surface area contributed by atoms with Gasteiger partial charge in [0.15, 0.2) is 0 Å². The Morgan fingerprint density at radius 1 is 0.727 bits per heavy atom. The summed E-state index contributed by atoms with van der Waals surface area (Å²) in [6, 6.07) is 32.8. The molecule has 2 saturated carbocycles. The molecule has 2 unspecified atom stereocenters. The molecule has 0 bridgehead atoms. The summed E-state index contributed by atoms with van der Waals surface area (Å²) >= 11 is 0. The van der Waals surface area contributed by atoms with E-state index in [1.54, 1.807) is 0 Å². The van der Waals surface area contributed by atoms with Crippen molar-refractivity contribution < 1.29 is 5.11 Å². The van der Waals surface area contributed by atoms with E-state index in [4.69, 9.17) is 4.99 Å². The van der Waals surface area contributed by atoms with E-state index in [1.165, 1.54) is 92.2 Å². The number of hydrogen-bond acceptors (Lipinski definition) is 2. The molecule has 0 spiro atoms. The number of hydrogen-bond donors (Lipinski definition) is 1. The van der Waals surface area contributed by atoms with Crippen LogP contribution in [-0.4, -0.2) is 22.4 Å². The molecule has 2 nitrogen and oxygen atoms in total. The van der Waals surface area contributed by atoms with E-state index >= 15 is 0 Å². The van der Waals surface area contributed by atoms with Gasteiger partial charge in [-0.2, -0.15) is 0 Å². The molecule has 4 aromatic carbocycles. The normalized spacial score (nSPS) is 24.7. The standard InChI is InChI=1S/C41H48NOP/c1-40(2,31-18-6-3-7-19-31)35-25-15-26-36(38(35)43)41(32-20-8-4-9-21-32)28-29-44(33-22-10-5-11-23-33)39(41)42-37-27-14-17-30-16-12-13-24-34(30)37/h3,6-7,12-19,24-27,32-33,43H,4-5,8-11,20-23,28-29H2,1-2H3. The van der Waals surface area contributed by atoms with Gasteiger partial charge < -0.3 is 5.11 Å². The predicted octanol–water partition coefficient (Wildman–Crippen LogP) is 11.6. The van der Waals surface area contributed by atoms with Gasteiger partial charge in [-0.05, 0) is 66.9 Å². The lowest BCUT2D eigenvalue weighted by molar-refractivity contribution is 0.256. The van der Waals surface area contributed by atoms with Crippen LogP contribution in [0.1, 0.15) is 101 Å². The topological polar surface area (TPSA) is 32.6 Å². The Bertz CT molecular complexity index is 1620. The number of benzene rings is 4. The Morgan fingerprint density at radius 3 is 2.16 bits per heavy atom. The van der Waals surface area contributed by atoms with Gasteiger partial charge in [0, 0.05) is 27.3 Å². The fraction of sp³-hybridized carbons (Fsp3) is 0.439. The Balaban J connectivity index is 1.46. The molecule has 0 amide bonds. The second kappa shape index (κ2) is 12.4. The first kappa shape index (κ1) is 29.7. The van der Waals surface area contributed by atoms with Crippen molar-refractivity contribution in [3.05, 3.63) is 108 Å². The van der Waals surface area contributed by atoms with E-state index in [-0.39, 0.29) is 10.8 Å². The molecular formula is C41H48NOP. The van der Waals surface area contributed by atoms with Crippen LogP contribution in [0, 0.1) is 5.92 Å². The number of aromatic hydroxyl groups is 1. The third kappa shape index (κ3) is 5.22. The van der Waals surface area contributed by atoms with Crippen LogP contribution in [0.15, 0.2) is 96.0 Å². The highest BCUT2D eigenvalue weighted by Gasteiger charge is 2.54. The van der Waals surface area contributed by atoms with Crippen LogP contribution >= 0.6 is 7.92 Å². The molecule has 7 rings (SSSR count). The van der Waals surface area contributed by atoms with Crippen molar-refractivity contribution in [1.82, 2.24) is 0 Å². The van der Waals surface area contributed by atoms with Crippen LogP contribution in [0.3, 0.4) is 0 Å². The minimum atomic E-state index is -0.397. The molecular weight excluding hydrogens is 553 g/mol. The molecule has 3 heteroatoms. The number of rotatable bonds is 6. The van der Waals surface area contributed by atoms with Crippen LogP contribution in [0.4, 0.5) is 5.69 Å². The number of fused-ring (bicyclic) bond motifs is 1. The van der Waals surface area contributed by atoms with E-state index in [0.29, 0.717) is 11.7 Å². The maximum absolute atomic E-state index is 12.5. The second-order valence-corrected chi connectivity index (χ2v) is 16.7. The number of nitrogens with zero attached hydrogens (tertiary/aromatic N) is 1. The molecule has 1 aliphatic heterocycles. The molecule has 2 atom stereocenters. The Hall–Kier alpha value is -2.96. The molecule has 1 heterocycles. The summed E-state index contributed by atoms with van der Waals surface area (Å²) in [7, 11) is -0.397.